The van der Waals surface area contributed by atoms with Crippen LogP contribution in [0.4, 0.5) is 0 Å². The molecule has 1 atom stereocenters. The summed E-state index contributed by atoms with van der Waals surface area (Å²) in [6.45, 7) is 8.05. The molecular weight excluding hydrogens is 401 g/mol. The van der Waals surface area contributed by atoms with Crippen LogP contribution in [0.25, 0.3) is 0 Å². The van der Waals surface area contributed by atoms with Crippen molar-refractivity contribution in [2.24, 2.45) is 16.3 Å². The summed E-state index contributed by atoms with van der Waals surface area (Å²) in [6.07, 6.45) is 6.96. The molecule has 0 radical (unpaired) electrons. The molecule has 1 heterocycles. The smallest absolute Gasteiger partial charge is 0.191 e. The number of nitrogens with one attached hydrogen (secondary N) is 2. The van der Waals surface area contributed by atoms with Crippen LogP contribution in [0.5, 0.6) is 0 Å². The number of guanidine groups is 1. The lowest BCUT2D eigenvalue weighted by molar-refractivity contribution is 0.113. The Morgan fingerprint density at radius 3 is 2.61 bits per heavy atom. The van der Waals surface area contributed by atoms with Crippen molar-refractivity contribution in [1.29, 1.82) is 0 Å². The summed E-state index contributed by atoms with van der Waals surface area (Å²) in [6, 6.07) is 4.17. The van der Waals surface area contributed by atoms with Crippen LogP contribution in [0.1, 0.15) is 63.5 Å². The van der Waals surface area contributed by atoms with E-state index in [-0.39, 0.29) is 30.0 Å². The second kappa shape index (κ2) is 7.90. The number of aliphatic imine (C=N–C) groups is 1. The van der Waals surface area contributed by atoms with E-state index >= 15 is 0 Å². The first-order valence-electron chi connectivity index (χ1n) is 8.74. The van der Waals surface area contributed by atoms with Gasteiger partial charge in [0.05, 0.1) is 6.04 Å². The summed E-state index contributed by atoms with van der Waals surface area (Å²) in [7, 11) is 0. The SMILES string of the molecule is CCNC(=NCC1(C2CC2)CCC1)NC(C)c1ccc(C)o1.I. The number of halogens is 1. The molecular formula is C18H30IN3O. The molecule has 1 unspecified atom stereocenters. The zero-order valence-corrected chi connectivity index (χ0v) is 16.9. The maximum Gasteiger partial charge on any atom is 0.191 e. The third-order valence-corrected chi connectivity index (χ3v) is 5.23. The van der Waals surface area contributed by atoms with Crippen LogP contribution in [0.2, 0.25) is 0 Å². The molecule has 0 bridgehead atoms. The van der Waals surface area contributed by atoms with Crippen LogP contribution < -0.4 is 10.6 Å². The average molecular weight is 431 g/mol. The van der Waals surface area contributed by atoms with Gasteiger partial charge in [0.2, 0.25) is 0 Å². The Hall–Kier alpha value is -0.720. The van der Waals surface area contributed by atoms with E-state index in [0.29, 0.717) is 5.41 Å². The van der Waals surface area contributed by atoms with Gasteiger partial charge in [-0.3, -0.25) is 4.99 Å². The van der Waals surface area contributed by atoms with Crippen LogP contribution in [0.15, 0.2) is 21.5 Å². The molecule has 1 aromatic rings. The second-order valence-corrected chi connectivity index (χ2v) is 7.00. The third kappa shape index (κ3) is 4.43. The highest BCUT2D eigenvalue weighted by atomic mass is 127. The number of aryl methyl sites for hydroxylation is 1. The van der Waals surface area contributed by atoms with E-state index in [9.17, 15) is 0 Å². The standard InChI is InChI=1S/C18H29N3O.HI/c1-4-19-17(21-14(3)16-9-6-13(2)22-16)20-12-18(10-5-11-18)15-7-8-15;/h6,9,14-15H,4-5,7-8,10-12H2,1-3H3,(H2,19,20,21);1H. The fourth-order valence-corrected chi connectivity index (χ4v) is 3.54. The minimum Gasteiger partial charge on any atom is -0.464 e. The van der Waals surface area contributed by atoms with Gasteiger partial charge in [-0.2, -0.15) is 0 Å². The molecule has 2 fully saturated rings. The molecule has 0 spiro atoms. The van der Waals surface area contributed by atoms with Gasteiger partial charge in [-0.05, 0) is 69.9 Å². The van der Waals surface area contributed by atoms with E-state index < -0.39 is 0 Å². The highest BCUT2D eigenvalue weighted by molar-refractivity contribution is 14.0. The largest absolute Gasteiger partial charge is 0.464 e. The maximum absolute atomic E-state index is 5.71. The zero-order chi connectivity index (χ0) is 15.6. The predicted octanol–water partition coefficient (Wildman–Crippen LogP) is 4.40. The predicted molar refractivity (Wildman–Crippen MR) is 105 cm³/mol. The second-order valence-electron chi connectivity index (χ2n) is 7.00. The van der Waals surface area contributed by atoms with Gasteiger partial charge in [-0.1, -0.05) is 6.42 Å². The van der Waals surface area contributed by atoms with Crippen molar-refractivity contribution in [2.45, 2.75) is 58.9 Å². The van der Waals surface area contributed by atoms with Crippen molar-refractivity contribution >= 4 is 29.9 Å². The number of hydrogen-bond donors (Lipinski definition) is 2. The lowest BCUT2D eigenvalue weighted by Crippen LogP contribution is -2.41. The van der Waals surface area contributed by atoms with Gasteiger partial charge in [0.25, 0.3) is 0 Å². The zero-order valence-electron chi connectivity index (χ0n) is 14.5. The molecule has 3 rings (SSSR count). The number of rotatable bonds is 6. The molecule has 0 aromatic carbocycles. The van der Waals surface area contributed by atoms with Crippen LogP contribution in [-0.4, -0.2) is 19.0 Å². The highest BCUT2D eigenvalue weighted by Crippen LogP contribution is 2.57. The minimum atomic E-state index is 0. The molecule has 5 heteroatoms. The Labute approximate surface area is 156 Å². The first kappa shape index (κ1) is 18.6. The molecule has 4 nitrogen and oxygen atoms in total. The van der Waals surface area contributed by atoms with Crippen LogP contribution in [0, 0.1) is 18.3 Å². The lowest BCUT2D eigenvalue weighted by atomic mass is 9.65. The number of hydrogen-bond acceptors (Lipinski definition) is 2. The van der Waals surface area contributed by atoms with Gasteiger partial charge in [0.15, 0.2) is 5.96 Å². The molecule has 2 aliphatic carbocycles. The molecule has 2 aliphatic rings. The Balaban J connectivity index is 0.00000192. The van der Waals surface area contributed by atoms with Gasteiger partial charge in [-0.15, -0.1) is 24.0 Å². The quantitative estimate of drug-likeness (QED) is 0.399. The van der Waals surface area contributed by atoms with Crippen molar-refractivity contribution in [2.75, 3.05) is 13.1 Å². The summed E-state index contributed by atoms with van der Waals surface area (Å²) in [5, 5.41) is 6.84. The van der Waals surface area contributed by atoms with Gasteiger partial charge < -0.3 is 15.1 Å². The van der Waals surface area contributed by atoms with E-state index in [1.165, 1.54) is 32.1 Å². The molecule has 2 saturated carbocycles. The van der Waals surface area contributed by atoms with E-state index in [1.807, 2.05) is 19.1 Å². The summed E-state index contributed by atoms with van der Waals surface area (Å²) in [5.41, 5.74) is 0.521. The van der Waals surface area contributed by atoms with Crippen LogP contribution in [0.3, 0.4) is 0 Å². The average Bonchev–Trinajstić information content (AvgIpc) is 3.19. The van der Waals surface area contributed by atoms with E-state index in [1.54, 1.807) is 0 Å². The molecule has 23 heavy (non-hydrogen) atoms. The van der Waals surface area contributed by atoms with Crippen molar-refractivity contribution in [3.05, 3.63) is 23.7 Å². The Morgan fingerprint density at radius 1 is 1.39 bits per heavy atom. The molecule has 0 saturated heterocycles. The normalized spacial score (nSPS) is 21.1. The first-order chi connectivity index (χ1) is 10.6. The van der Waals surface area contributed by atoms with Gasteiger partial charge in [0.1, 0.15) is 11.5 Å². The van der Waals surface area contributed by atoms with Crippen molar-refractivity contribution in [3.63, 3.8) is 0 Å². The highest BCUT2D eigenvalue weighted by Gasteiger charge is 2.48. The van der Waals surface area contributed by atoms with Crippen LogP contribution >= 0.6 is 24.0 Å². The molecule has 130 valence electrons. The number of furan rings is 1. The maximum atomic E-state index is 5.71. The van der Waals surface area contributed by atoms with Gasteiger partial charge in [0, 0.05) is 13.1 Å². The van der Waals surface area contributed by atoms with Gasteiger partial charge in [-0.25, -0.2) is 0 Å². The van der Waals surface area contributed by atoms with E-state index in [4.69, 9.17) is 9.41 Å². The summed E-state index contributed by atoms with van der Waals surface area (Å²) in [4.78, 5) is 4.89. The Kier molecular flexibility index (Phi) is 6.40. The summed E-state index contributed by atoms with van der Waals surface area (Å²) >= 11 is 0. The van der Waals surface area contributed by atoms with Gasteiger partial charge >= 0.3 is 0 Å². The molecule has 1 aromatic heterocycles. The van der Waals surface area contributed by atoms with E-state index in [0.717, 1.165) is 36.5 Å². The Morgan fingerprint density at radius 2 is 2.13 bits per heavy atom. The number of nitrogens with zero attached hydrogens (tertiary/aromatic N) is 1. The fraction of sp³-hybridized carbons (Fsp3) is 0.722. The molecule has 2 N–H and O–H groups in total. The lowest BCUT2D eigenvalue weighted by Gasteiger charge is -2.41. The monoisotopic (exact) mass is 431 g/mol. The topological polar surface area (TPSA) is 49.6 Å². The van der Waals surface area contributed by atoms with Crippen molar-refractivity contribution < 1.29 is 4.42 Å². The summed E-state index contributed by atoms with van der Waals surface area (Å²) in [5.74, 6) is 3.77. The fourth-order valence-electron chi connectivity index (χ4n) is 3.54. The van der Waals surface area contributed by atoms with Crippen LogP contribution in [-0.2, 0) is 0 Å². The third-order valence-electron chi connectivity index (χ3n) is 5.23. The van der Waals surface area contributed by atoms with Crippen molar-refractivity contribution in [3.8, 4) is 0 Å². The van der Waals surface area contributed by atoms with E-state index in [2.05, 4.69) is 24.5 Å². The minimum absolute atomic E-state index is 0. The Bertz CT molecular complexity index is 532. The summed E-state index contributed by atoms with van der Waals surface area (Å²) < 4.78 is 5.71. The molecule has 0 amide bonds. The van der Waals surface area contributed by atoms with Crippen molar-refractivity contribution in [1.82, 2.24) is 10.6 Å². The first-order valence-corrected chi connectivity index (χ1v) is 8.74. The molecule has 0 aliphatic heterocycles.